The molecule has 44 heavy (non-hydrogen) atoms. The number of nitriles is 1. The van der Waals surface area contributed by atoms with Gasteiger partial charge in [-0.05, 0) is 59.2 Å². The molecule has 2 aromatic carbocycles. The van der Waals surface area contributed by atoms with Gasteiger partial charge in [0.1, 0.15) is 18.3 Å². The Morgan fingerprint density at radius 1 is 1.07 bits per heavy atom. The van der Waals surface area contributed by atoms with Crippen molar-refractivity contribution in [2.24, 2.45) is 5.92 Å². The molecular formula is C31H38N4O7S2. The number of hydrogen-bond donors (Lipinski definition) is 5. The molecule has 3 heterocycles. The summed E-state index contributed by atoms with van der Waals surface area (Å²) in [6.45, 7) is 7.97. The Morgan fingerprint density at radius 3 is 2.55 bits per heavy atom. The van der Waals surface area contributed by atoms with Crippen LogP contribution >= 0.6 is 11.3 Å². The zero-order chi connectivity index (χ0) is 31.4. The van der Waals surface area contributed by atoms with Crippen LogP contribution in [0.5, 0.6) is 0 Å². The third-order valence-electron chi connectivity index (χ3n) is 8.18. The molecule has 2 saturated heterocycles. The van der Waals surface area contributed by atoms with E-state index in [9.17, 15) is 29.0 Å². The van der Waals surface area contributed by atoms with Crippen molar-refractivity contribution >= 4 is 43.4 Å². The fourth-order valence-electron chi connectivity index (χ4n) is 5.36. The maximum absolute atomic E-state index is 13.1. The standard InChI is InChI=1S/C31H38N4O7S2/c1-19(28(17-32)44(39,40)34-18-25-30(37)29(36)20(2)31(38)42-25)26-7-8-27(43-26)23-4-3-22-16-24(6-5-21(22)15-23)33-9-10-35-11-13-41-14-12-35/h3-8,15-16,20,25,29-31,33-34,36-38H,9-14,18H2,1-2H3/b28-19+/t20-,25-,29-,30-,31?/m1/s1. The monoisotopic (exact) mass is 642 g/mol. The lowest BCUT2D eigenvalue weighted by Crippen LogP contribution is -2.56. The van der Waals surface area contributed by atoms with Crippen LogP contribution in [-0.2, 0) is 19.5 Å². The van der Waals surface area contributed by atoms with Crippen LogP contribution in [-0.4, -0.2) is 99.2 Å². The quantitative estimate of drug-likeness (QED) is 0.208. The average molecular weight is 643 g/mol. The Balaban J connectivity index is 1.26. The second-order valence-electron chi connectivity index (χ2n) is 11.1. The highest BCUT2D eigenvalue weighted by Gasteiger charge is 2.42. The van der Waals surface area contributed by atoms with E-state index in [1.54, 1.807) is 19.1 Å². The van der Waals surface area contributed by atoms with Crippen molar-refractivity contribution in [1.29, 1.82) is 5.26 Å². The number of nitrogens with one attached hydrogen (secondary N) is 2. The molecule has 2 aliphatic rings. The number of sulfonamides is 1. The van der Waals surface area contributed by atoms with Gasteiger partial charge in [0.15, 0.2) is 11.2 Å². The van der Waals surface area contributed by atoms with Gasteiger partial charge in [-0.1, -0.05) is 25.1 Å². The molecule has 5 atom stereocenters. The lowest BCUT2D eigenvalue weighted by molar-refractivity contribution is -0.257. The van der Waals surface area contributed by atoms with Crippen molar-refractivity contribution in [3.8, 4) is 16.5 Å². The smallest absolute Gasteiger partial charge is 0.251 e. The fraction of sp³-hybridized carbons (Fsp3) is 0.452. The van der Waals surface area contributed by atoms with Crippen LogP contribution in [0.1, 0.15) is 18.7 Å². The Bertz CT molecular complexity index is 1650. The summed E-state index contributed by atoms with van der Waals surface area (Å²) in [5, 5.41) is 45.8. The highest BCUT2D eigenvalue weighted by atomic mass is 32.2. The van der Waals surface area contributed by atoms with Crippen molar-refractivity contribution in [2.45, 2.75) is 38.4 Å². The van der Waals surface area contributed by atoms with Gasteiger partial charge in [-0.3, -0.25) is 4.90 Å². The van der Waals surface area contributed by atoms with Crippen LogP contribution in [0, 0.1) is 17.2 Å². The number of aliphatic hydroxyl groups is 3. The van der Waals surface area contributed by atoms with Gasteiger partial charge in [-0.15, -0.1) is 11.3 Å². The number of aliphatic hydroxyl groups excluding tert-OH is 3. The molecule has 0 radical (unpaired) electrons. The number of allylic oxidation sites excluding steroid dienone is 2. The minimum Gasteiger partial charge on any atom is -0.390 e. The van der Waals surface area contributed by atoms with E-state index < -0.39 is 52.0 Å². The molecule has 0 bridgehead atoms. The predicted octanol–water partition coefficient (Wildman–Crippen LogP) is 2.56. The number of ether oxygens (including phenoxy) is 2. The predicted molar refractivity (Wildman–Crippen MR) is 170 cm³/mol. The van der Waals surface area contributed by atoms with Gasteiger partial charge in [0.25, 0.3) is 10.0 Å². The largest absolute Gasteiger partial charge is 0.390 e. The summed E-state index contributed by atoms with van der Waals surface area (Å²) >= 11 is 1.38. The van der Waals surface area contributed by atoms with Gasteiger partial charge < -0.3 is 30.1 Å². The number of thiophene rings is 1. The first-order valence-corrected chi connectivity index (χ1v) is 16.9. The highest BCUT2D eigenvalue weighted by molar-refractivity contribution is 7.93. The van der Waals surface area contributed by atoms with Crippen molar-refractivity contribution in [3.05, 3.63) is 58.3 Å². The number of benzene rings is 2. The van der Waals surface area contributed by atoms with Gasteiger partial charge in [-0.25, -0.2) is 13.1 Å². The zero-order valence-electron chi connectivity index (χ0n) is 24.6. The molecule has 2 aliphatic heterocycles. The summed E-state index contributed by atoms with van der Waals surface area (Å²) in [7, 11) is -4.29. The maximum atomic E-state index is 13.1. The number of anilines is 1. The topological polar surface area (TPSA) is 164 Å². The third kappa shape index (κ3) is 7.31. The van der Waals surface area contributed by atoms with E-state index in [1.807, 2.05) is 12.1 Å². The van der Waals surface area contributed by atoms with Crippen molar-refractivity contribution in [3.63, 3.8) is 0 Å². The van der Waals surface area contributed by atoms with E-state index in [1.165, 1.54) is 18.3 Å². The lowest BCUT2D eigenvalue weighted by Gasteiger charge is -2.39. The average Bonchev–Trinajstić information content (AvgIpc) is 3.52. The second-order valence-corrected chi connectivity index (χ2v) is 13.9. The first-order valence-electron chi connectivity index (χ1n) is 14.6. The molecule has 2 fully saturated rings. The zero-order valence-corrected chi connectivity index (χ0v) is 26.3. The van der Waals surface area contributed by atoms with E-state index >= 15 is 0 Å². The number of nitrogens with zero attached hydrogens (tertiary/aromatic N) is 2. The second kappa shape index (κ2) is 14.0. The van der Waals surface area contributed by atoms with Crippen LogP contribution in [0.25, 0.3) is 26.8 Å². The van der Waals surface area contributed by atoms with Crippen LogP contribution < -0.4 is 10.0 Å². The molecule has 1 unspecified atom stereocenters. The first kappa shape index (κ1) is 32.5. The summed E-state index contributed by atoms with van der Waals surface area (Å²) in [6, 6.07) is 17.9. The molecule has 0 aliphatic carbocycles. The molecule has 5 rings (SSSR count). The van der Waals surface area contributed by atoms with Crippen LogP contribution in [0.2, 0.25) is 0 Å². The minimum absolute atomic E-state index is 0.281. The third-order valence-corrected chi connectivity index (χ3v) is 10.9. The highest BCUT2D eigenvalue weighted by Crippen LogP contribution is 2.35. The summed E-state index contributed by atoms with van der Waals surface area (Å²) in [5.74, 6) is -0.740. The molecule has 5 N–H and O–H groups in total. The van der Waals surface area contributed by atoms with Gasteiger partial charge in [0.05, 0.1) is 19.3 Å². The summed E-state index contributed by atoms with van der Waals surface area (Å²) in [6.07, 6.45) is -5.24. The fourth-order valence-corrected chi connectivity index (χ4v) is 7.59. The summed E-state index contributed by atoms with van der Waals surface area (Å²) in [5.41, 5.74) is 2.32. The number of morpholine rings is 1. The Kier molecular flexibility index (Phi) is 10.4. The lowest BCUT2D eigenvalue weighted by atomic mass is 9.92. The molecule has 13 heteroatoms. The van der Waals surface area contributed by atoms with Crippen molar-refractivity contribution in [1.82, 2.24) is 9.62 Å². The summed E-state index contributed by atoms with van der Waals surface area (Å²) < 4.78 is 39.1. The van der Waals surface area contributed by atoms with Gasteiger partial charge >= 0.3 is 0 Å². The maximum Gasteiger partial charge on any atom is 0.251 e. The van der Waals surface area contributed by atoms with E-state index in [4.69, 9.17) is 9.47 Å². The molecule has 236 valence electrons. The van der Waals surface area contributed by atoms with Gasteiger partial charge in [-0.2, -0.15) is 5.26 Å². The van der Waals surface area contributed by atoms with E-state index in [2.05, 4.69) is 45.3 Å². The molecule has 0 saturated carbocycles. The molecule has 0 amide bonds. The Morgan fingerprint density at radius 2 is 1.80 bits per heavy atom. The number of rotatable bonds is 10. The molecular weight excluding hydrogens is 604 g/mol. The van der Waals surface area contributed by atoms with Gasteiger partial charge in [0.2, 0.25) is 0 Å². The molecule has 1 aromatic heterocycles. The molecule has 11 nitrogen and oxygen atoms in total. The Labute approximate surface area is 261 Å². The van der Waals surface area contributed by atoms with E-state index in [-0.39, 0.29) is 5.57 Å². The number of fused-ring (bicyclic) bond motifs is 1. The van der Waals surface area contributed by atoms with Crippen molar-refractivity contribution < 1.29 is 33.2 Å². The van der Waals surface area contributed by atoms with E-state index in [0.29, 0.717) is 4.88 Å². The number of hydrogen-bond acceptors (Lipinski definition) is 11. The SMILES string of the molecule is C/C(=C(/C#N)S(=O)(=O)NC[C@H]1OC(O)[C@H](C)[C@@H](O)[C@@H]1O)c1ccc(-c2ccc3cc(NCCN4CCOCC4)ccc3c2)s1. The Hall–Kier alpha value is -2.90. The molecule has 3 aromatic rings. The van der Waals surface area contributed by atoms with E-state index in [0.717, 1.165) is 66.3 Å². The van der Waals surface area contributed by atoms with Crippen LogP contribution in [0.4, 0.5) is 5.69 Å². The van der Waals surface area contributed by atoms with Gasteiger partial charge in [0, 0.05) is 54.1 Å². The summed E-state index contributed by atoms with van der Waals surface area (Å²) in [4.78, 5) is 3.47. The normalized spacial score (nSPS) is 25.4. The van der Waals surface area contributed by atoms with Crippen LogP contribution in [0.15, 0.2) is 53.4 Å². The first-order chi connectivity index (χ1) is 21.1. The molecule has 0 spiro atoms. The van der Waals surface area contributed by atoms with Crippen LogP contribution in [0.3, 0.4) is 0 Å². The minimum atomic E-state index is -4.29. The van der Waals surface area contributed by atoms with Crippen molar-refractivity contribution in [2.75, 3.05) is 51.3 Å².